The molecule has 18 heteroatoms. The Labute approximate surface area is 337 Å². The molecule has 0 radical (unpaired) electrons. The molecule has 58 heavy (non-hydrogen) atoms. The van der Waals surface area contributed by atoms with Crippen LogP contribution in [0.4, 0.5) is 5.69 Å². The number of nitriles is 1. The van der Waals surface area contributed by atoms with Crippen LogP contribution < -0.4 is 31.6 Å². The topological polar surface area (TPSA) is 228 Å². The van der Waals surface area contributed by atoms with Crippen LogP contribution in [0.15, 0.2) is 71.7 Å². The molecule has 1 aliphatic carbocycles. The van der Waals surface area contributed by atoms with Crippen LogP contribution in [0, 0.1) is 22.2 Å². The van der Waals surface area contributed by atoms with E-state index >= 15 is 0 Å². The van der Waals surface area contributed by atoms with Gasteiger partial charge >= 0.3 is 0 Å². The van der Waals surface area contributed by atoms with E-state index in [0.29, 0.717) is 57.5 Å². The molecule has 5 aromatic rings. The zero-order valence-electron chi connectivity index (χ0n) is 32.1. The third-order valence-electron chi connectivity index (χ3n) is 10.7. The van der Waals surface area contributed by atoms with E-state index in [1.165, 1.54) is 6.07 Å². The minimum atomic E-state index is -0.941. The van der Waals surface area contributed by atoms with E-state index in [9.17, 15) is 29.2 Å². The van der Waals surface area contributed by atoms with E-state index in [1.807, 2.05) is 33.8 Å². The van der Waals surface area contributed by atoms with E-state index in [1.54, 1.807) is 65.5 Å². The second kappa shape index (κ2) is 15.7. The van der Waals surface area contributed by atoms with Crippen LogP contribution in [0.3, 0.4) is 0 Å². The summed E-state index contributed by atoms with van der Waals surface area (Å²) in [7, 11) is 0. The first kappa shape index (κ1) is 39.6. The highest BCUT2D eigenvalue weighted by atomic mass is 35.5. The SMILES string of the molecule is CC1(C)C(NC(=O)c2ccc(-n3cc(CCNC(=O)CNc4ccc5nnn(C6CCC(=O)NC6=O)c(=O)c5c4)nn3)cc2)C(C)(C)C1Oc1ccc(C#N)c(Cl)c1. The van der Waals surface area contributed by atoms with Gasteiger partial charge in [0.25, 0.3) is 17.4 Å². The molecule has 1 unspecified atom stereocenters. The molecule has 7 rings (SSSR count). The third-order valence-corrected chi connectivity index (χ3v) is 11.0. The number of hydrogen-bond acceptors (Lipinski definition) is 12. The number of ether oxygens (including phenoxy) is 1. The summed E-state index contributed by atoms with van der Waals surface area (Å²) in [5.41, 5.74) is 1.67. The summed E-state index contributed by atoms with van der Waals surface area (Å²) in [5.74, 6) is -0.954. The minimum Gasteiger partial charge on any atom is -0.489 e. The number of amides is 4. The minimum absolute atomic E-state index is 0.0734. The van der Waals surface area contributed by atoms with E-state index in [4.69, 9.17) is 16.3 Å². The summed E-state index contributed by atoms with van der Waals surface area (Å²) in [4.78, 5) is 63.0. The fraction of sp³-hybridized carbons (Fsp3) is 0.350. The summed E-state index contributed by atoms with van der Waals surface area (Å²) in [6.07, 6.45) is 2.17. The molecule has 3 heterocycles. The second-order valence-corrected chi connectivity index (χ2v) is 15.9. The van der Waals surface area contributed by atoms with Crippen molar-refractivity contribution >= 4 is 51.8 Å². The highest BCUT2D eigenvalue weighted by Gasteiger charge is 2.64. The van der Waals surface area contributed by atoms with E-state index < -0.39 is 34.2 Å². The Balaban J connectivity index is 0.883. The molecule has 1 saturated heterocycles. The summed E-state index contributed by atoms with van der Waals surface area (Å²) in [6, 6.07) is 17.7. The molecule has 2 aromatic heterocycles. The van der Waals surface area contributed by atoms with Gasteiger partial charge < -0.3 is 20.7 Å². The number of piperidine rings is 1. The number of rotatable bonds is 12. The van der Waals surface area contributed by atoms with Crippen molar-refractivity contribution in [1.29, 1.82) is 5.26 Å². The summed E-state index contributed by atoms with van der Waals surface area (Å²) < 4.78 is 8.91. The number of hydrogen-bond donors (Lipinski definition) is 4. The number of anilines is 1. The first-order valence-electron chi connectivity index (χ1n) is 18.6. The molecule has 3 aromatic carbocycles. The zero-order valence-corrected chi connectivity index (χ0v) is 32.8. The smallest absolute Gasteiger partial charge is 0.278 e. The van der Waals surface area contributed by atoms with Gasteiger partial charge in [0.05, 0.1) is 40.1 Å². The van der Waals surface area contributed by atoms with Crippen molar-refractivity contribution in [2.24, 2.45) is 10.8 Å². The monoisotopic (exact) mass is 805 g/mol. The van der Waals surface area contributed by atoms with Crippen LogP contribution in [-0.4, -0.2) is 78.9 Å². The maximum Gasteiger partial charge on any atom is 0.278 e. The number of nitrogens with one attached hydrogen (secondary N) is 4. The second-order valence-electron chi connectivity index (χ2n) is 15.5. The van der Waals surface area contributed by atoms with Gasteiger partial charge in [0.2, 0.25) is 11.8 Å². The number of aromatic nitrogens is 6. The van der Waals surface area contributed by atoms with Crippen LogP contribution in [0.25, 0.3) is 16.6 Å². The van der Waals surface area contributed by atoms with Crippen LogP contribution in [0.5, 0.6) is 5.75 Å². The Hall–Kier alpha value is -6.67. The van der Waals surface area contributed by atoms with Crippen LogP contribution in [0.1, 0.15) is 68.2 Å². The average molecular weight is 806 g/mol. The van der Waals surface area contributed by atoms with Gasteiger partial charge in [0.1, 0.15) is 29.5 Å². The van der Waals surface area contributed by atoms with E-state index in [-0.39, 0.29) is 48.7 Å². The zero-order chi connectivity index (χ0) is 41.4. The van der Waals surface area contributed by atoms with Gasteiger partial charge in [-0.1, -0.05) is 49.7 Å². The number of imide groups is 1. The van der Waals surface area contributed by atoms with Crippen molar-refractivity contribution in [1.82, 2.24) is 45.9 Å². The highest BCUT2D eigenvalue weighted by molar-refractivity contribution is 6.31. The molecule has 1 atom stereocenters. The summed E-state index contributed by atoms with van der Waals surface area (Å²) in [5, 5.41) is 37.3. The van der Waals surface area contributed by atoms with Crippen molar-refractivity contribution in [3.05, 3.63) is 99.1 Å². The van der Waals surface area contributed by atoms with Gasteiger partial charge in [-0.3, -0.25) is 29.3 Å². The Morgan fingerprint density at radius 1 is 1.00 bits per heavy atom. The van der Waals surface area contributed by atoms with Crippen molar-refractivity contribution in [2.45, 2.75) is 65.1 Å². The summed E-state index contributed by atoms with van der Waals surface area (Å²) in [6.45, 7) is 8.40. The maximum absolute atomic E-state index is 13.4. The number of carbonyl (C=O) groups excluding carboxylic acids is 4. The third kappa shape index (κ3) is 7.83. The van der Waals surface area contributed by atoms with E-state index in [0.717, 1.165) is 4.68 Å². The molecule has 17 nitrogen and oxygen atoms in total. The predicted molar refractivity (Wildman–Crippen MR) is 211 cm³/mol. The molecule has 2 aliphatic rings. The molecule has 1 aliphatic heterocycles. The Morgan fingerprint density at radius 3 is 2.47 bits per heavy atom. The molecular formula is C40H40ClN11O6. The van der Waals surface area contributed by atoms with Crippen LogP contribution in [-0.2, 0) is 20.8 Å². The summed E-state index contributed by atoms with van der Waals surface area (Å²) >= 11 is 6.22. The van der Waals surface area contributed by atoms with Crippen molar-refractivity contribution < 1.29 is 23.9 Å². The molecule has 4 N–H and O–H groups in total. The van der Waals surface area contributed by atoms with Gasteiger partial charge in [0.15, 0.2) is 0 Å². The Morgan fingerprint density at radius 2 is 1.76 bits per heavy atom. The van der Waals surface area contributed by atoms with Gasteiger partial charge in [-0.05, 0) is 61.0 Å². The van der Waals surface area contributed by atoms with Crippen LogP contribution >= 0.6 is 11.6 Å². The lowest BCUT2D eigenvalue weighted by atomic mass is 9.49. The quantitative estimate of drug-likeness (QED) is 0.133. The van der Waals surface area contributed by atoms with Crippen molar-refractivity contribution in [2.75, 3.05) is 18.4 Å². The number of halogens is 1. The number of fused-ring (bicyclic) bond motifs is 1. The van der Waals surface area contributed by atoms with Crippen molar-refractivity contribution in [3.63, 3.8) is 0 Å². The lowest BCUT2D eigenvalue weighted by molar-refractivity contribution is -0.164. The molecule has 0 spiro atoms. The molecule has 0 bridgehead atoms. The Kier molecular flexibility index (Phi) is 10.7. The maximum atomic E-state index is 13.4. The molecule has 1 saturated carbocycles. The van der Waals surface area contributed by atoms with Gasteiger partial charge in [-0.25, -0.2) is 4.68 Å². The molecule has 4 amide bonds. The van der Waals surface area contributed by atoms with Crippen LogP contribution in [0.2, 0.25) is 5.02 Å². The molecular weight excluding hydrogens is 766 g/mol. The van der Waals surface area contributed by atoms with Gasteiger partial charge in [0, 0.05) is 53.6 Å². The fourth-order valence-corrected chi connectivity index (χ4v) is 8.19. The lowest BCUT2D eigenvalue weighted by Gasteiger charge is -2.63. The van der Waals surface area contributed by atoms with Crippen molar-refractivity contribution in [3.8, 4) is 17.5 Å². The molecule has 2 fully saturated rings. The average Bonchev–Trinajstić information content (AvgIpc) is 3.67. The normalized spacial score (nSPS) is 19.3. The largest absolute Gasteiger partial charge is 0.489 e. The fourth-order valence-electron chi connectivity index (χ4n) is 7.97. The Bertz CT molecular complexity index is 2530. The molecule has 298 valence electrons. The van der Waals surface area contributed by atoms with E-state index in [2.05, 4.69) is 41.9 Å². The number of carbonyl (C=O) groups is 4. The van der Waals surface area contributed by atoms with Gasteiger partial charge in [-0.15, -0.1) is 10.2 Å². The highest BCUT2D eigenvalue weighted by Crippen LogP contribution is 2.55. The van der Waals surface area contributed by atoms with Gasteiger partial charge in [-0.2, -0.15) is 9.94 Å². The predicted octanol–water partition coefficient (Wildman–Crippen LogP) is 3.26. The number of nitrogens with zero attached hydrogens (tertiary/aromatic N) is 7. The number of benzene rings is 3. The first-order chi connectivity index (χ1) is 27.6. The standard InChI is InChI=1S/C40H40ClN11O6/c1-39(2)37(40(3,4)38(39)58-27-11-7-23(19-42)29(41)18-27)46-34(55)22-5-9-26(10-6-22)51-21-25(47-49-51)15-16-43-33(54)20-44-24-8-12-30-28(17-24)36(57)52(50-48-30)31-13-14-32(53)45-35(31)56/h5-12,17-18,21,31,37-38,44H,13-16,20H2,1-4H3,(H,43,54)(H,46,55)(H,45,53,56). The first-order valence-corrected chi connectivity index (χ1v) is 19.0. The lowest BCUT2D eigenvalue weighted by Crippen LogP contribution is -2.74.